The minimum absolute atomic E-state index is 0.0238. The third-order valence-electron chi connectivity index (χ3n) is 4.54. The number of hydrogen-bond acceptors (Lipinski definition) is 6. The second kappa shape index (κ2) is 7.58. The van der Waals surface area contributed by atoms with E-state index in [0.29, 0.717) is 5.82 Å². The van der Waals surface area contributed by atoms with Gasteiger partial charge in [-0.2, -0.15) is 5.10 Å². The summed E-state index contributed by atoms with van der Waals surface area (Å²) in [6, 6.07) is 3.21. The van der Waals surface area contributed by atoms with Crippen molar-refractivity contribution >= 4 is 15.8 Å². The number of H-pyrrole nitrogens is 1. The first-order valence-electron chi connectivity index (χ1n) is 8.72. The van der Waals surface area contributed by atoms with Crippen LogP contribution in [0.4, 0.5) is 5.82 Å². The highest BCUT2D eigenvalue weighted by Gasteiger charge is 2.26. The van der Waals surface area contributed by atoms with E-state index >= 15 is 0 Å². The average Bonchev–Trinajstić information content (AvgIpc) is 3.13. The fourth-order valence-electron chi connectivity index (χ4n) is 3.03. The Hall–Kier alpha value is -2.20. The number of aromatic amines is 1. The maximum atomic E-state index is 12.5. The van der Waals surface area contributed by atoms with Crippen molar-refractivity contribution in [2.24, 2.45) is 0 Å². The first-order chi connectivity index (χ1) is 12.4. The number of piperidine rings is 1. The molecule has 9 nitrogen and oxygen atoms in total. The molecule has 0 radical (unpaired) electrons. The predicted molar refractivity (Wildman–Crippen MR) is 97.6 cm³/mol. The molecule has 2 N–H and O–H groups in total. The average molecular weight is 380 g/mol. The normalized spacial score (nSPS) is 18.4. The van der Waals surface area contributed by atoms with Gasteiger partial charge in [-0.05, 0) is 39.2 Å². The van der Waals surface area contributed by atoms with Crippen LogP contribution >= 0.6 is 0 Å². The predicted octanol–water partition coefficient (Wildman–Crippen LogP) is 0.885. The molecule has 26 heavy (non-hydrogen) atoms. The molecule has 3 heterocycles. The van der Waals surface area contributed by atoms with E-state index in [1.54, 1.807) is 10.6 Å². The van der Waals surface area contributed by atoms with Crippen molar-refractivity contribution in [3.05, 3.63) is 35.0 Å². The van der Waals surface area contributed by atoms with Crippen molar-refractivity contribution in [1.29, 1.82) is 0 Å². The van der Waals surface area contributed by atoms with Gasteiger partial charge in [0.05, 0.1) is 6.33 Å². The molecule has 1 aliphatic rings. The molecule has 0 amide bonds. The van der Waals surface area contributed by atoms with Crippen LogP contribution in [0.3, 0.4) is 0 Å². The molecule has 1 aliphatic heterocycles. The Bertz CT molecular complexity index is 884. The van der Waals surface area contributed by atoms with Gasteiger partial charge in [0.1, 0.15) is 5.82 Å². The number of anilines is 1. The maximum Gasteiger partial charge on any atom is 0.264 e. The lowest BCUT2D eigenvalue weighted by atomic mass is 10.0. The van der Waals surface area contributed by atoms with Crippen LogP contribution in [0.5, 0.6) is 0 Å². The largest absolute Gasteiger partial charge is 0.351 e. The van der Waals surface area contributed by atoms with Crippen LogP contribution in [0.2, 0.25) is 0 Å². The van der Waals surface area contributed by atoms with Crippen LogP contribution in [0.15, 0.2) is 34.5 Å². The Morgan fingerprint density at radius 1 is 1.35 bits per heavy atom. The summed E-state index contributed by atoms with van der Waals surface area (Å²) >= 11 is 0. The smallest absolute Gasteiger partial charge is 0.264 e. The molecule has 0 aliphatic carbocycles. The molecule has 1 fully saturated rings. The highest BCUT2D eigenvalue weighted by molar-refractivity contribution is 7.89. The molecule has 1 unspecified atom stereocenters. The van der Waals surface area contributed by atoms with Gasteiger partial charge in [-0.3, -0.25) is 4.79 Å². The zero-order chi connectivity index (χ0) is 18.7. The minimum atomic E-state index is -3.67. The van der Waals surface area contributed by atoms with E-state index in [4.69, 9.17) is 0 Å². The lowest BCUT2D eigenvalue weighted by Gasteiger charge is -2.36. The van der Waals surface area contributed by atoms with Crippen LogP contribution in [0, 0.1) is 0 Å². The molecule has 142 valence electrons. The second-order valence-corrected chi connectivity index (χ2v) is 8.44. The van der Waals surface area contributed by atoms with Crippen molar-refractivity contribution in [1.82, 2.24) is 24.5 Å². The lowest BCUT2D eigenvalue weighted by molar-refractivity contribution is 0.448. The van der Waals surface area contributed by atoms with E-state index in [9.17, 15) is 13.2 Å². The zero-order valence-electron chi connectivity index (χ0n) is 14.9. The van der Waals surface area contributed by atoms with Crippen LogP contribution in [0.25, 0.3) is 0 Å². The van der Waals surface area contributed by atoms with Gasteiger partial charge < -0.3 is 9.47 Å². The molecule has 1 saturated heterocycles. The van der Waals surface area contributed by atoms with Crippen molar-refractivity contribution in [3.8, 4) is 0 Å². The quantitative estimate of drug-likeness (QED) is 0.769. The fourth-order valence-corrected chi connectivity index (χ4v) is 4.04. The topological polar surface area (TPSA) is 113 Å². The van der Waals surface area contributed by atoms with Crippen molar-refractivity contribution < 1.29 is 8.42 Å². The third kappa shape index (κ3) is 4.13. The summed E-state index contributed by atoms with van der Waals surface area (Å²) in [6.45, 7) is 4.95. The molecule has 2 aromatic rings. The molecule has 0 aromatic carbocycles. The van der Waals surface area contributed by atoms with Crippen molar-refractivity contribution in [3.63, 3.8) is 0 Å². The second-order valence-electron chi connectivity index (χ2n) is 6.73. The maximum absolute atomic E-state index is 12.5. The lowest BCUT2D eigenvalue weighted by Crippen LogP contribution is -2.47. The first kappa shape index (κ1) is 18.6. The van der Waals surface area contributed by atoms with Gasteiger partial charge in [-0.15, -0.1) is 0 Å². The summed E-state index contributed by atoms with van der Waals surface area (Å²) in [5.41, 5.74) is -0.260. The van der Waals surface area contributed by atoms with E-state index in [2.05, 4.69) is 19.9 Å². The Labute approximate surface area is 152 Å². The number of sulfonamides is 1. The molecule has 1 atom stereocenters. The number of rotatable bonds is 6. The molecule has 2 aromatic heterocycles. The molecule has 0 saturated carbocycles. The van der Waals surface area contributed by atoms with Gasteiger partial charge in [-0.1, -0.05) is 0 Å². The SMILES string of the molecule is CC(C)n1cnc(S(=O)(=O)NCC2CCCCN2c2ccc(=O)[nH]n2)c1. The molecular formula is C16H24N6O3S. The Morgan fingerprint density at radius 3 is 2.81 bits per heavy atom. The van der Waals surface area contributed by atoms with Crippen LogP contribution in [-0.2, 0) is 10.0 Å². The highest BCUT2D eigenvalue weighted by Crippen LogP contribution is 2.22. The van der Waals surface area contributed by atoms with Gasteiger partial charge in [0.25, 0.3) is 15.6 Å². The summed E-state index contributed by atoms with van der Waals surface area (Å²) in [5, 5.41) is 6.53. The van der Waals surface area contributed by atoms with Gasteiger partial charge in [0.15, 0.2) is 5.03 Å². The molecule has 3 rings (SSSR count). The van der Waals surface area contributed by atoms with Gasteiger partial charge >= 0.3 is 0 Å². The summed E-state index contributed by atoms with van der Waals surface area (Å²) in [4.78, 5) is 17.3. The monoisotopic (exact) mass is 380 g/mol. The van der Waals surface area contributed by atoms with Crippen LogP contribution in [-0.4, -0.2) is 47.3 Å². The molecule has 10 heteroatoms. The number of aromatic nitrogens is 4. The first-order valence-corrected chi connectivity index (χ1v) is 10.2. The summed E-state index contributed by atoms with van der Waals surface area (Å²) in [6.07, 6.45) is 5.94. The van der Waals surface area contributed by atoms with Crippen LogP contribution in [0.1, 0.15) is 39.2 Å². The molecular weight excluding hydrogens is 356 g/mol. The summed E-state index contributed by atoms with van der Waals surface area (Å²) in [5.74, 6) is 0.651. The van der Waals surface area contributed by atoms with Crippen molar-refractivity contribution in [2.75, 3.05) is 18.0 Å². The van der Waals surface area contributed by atoms with E-state index in [0.717, 1.165) is 25.8 Å². The van der Waals surface area contributed by atoms with E-state index in [1.807, 2.05) is 18.7 Å². The standard InChI is InChI=1S/C16H24N6O3S/c1-12(2)21-10-16(17-11-21)26(24,25)18-9-13-5-3-4-8-22(13)14-6-7-15(23)20-19-14/h6-7,10-13,18H,3-5,8-9H2,1-2H3,(H,20,23). The summed E-state index contributed by atoms with van der Waals surface area (Å²) in [7, 11) is -3.67. The number of nitrogens with zero attached hydrogens (tertiary/aromatic N) is 4. The van der Waals surface area contributed by atoms with E-state index in [-0.39, 0.29) is 29.2 Å². The number of hydrogen-bond donors (Lipinski definition) is 2. The zero-order valence-corrected chi connectivity index (χ0v) is 15.7. The Morgan fingerprint density at radius 2 is 2.15 bits per heavy atom. The van der Waals surface area contributed by atoms with Crippen LogP contribution < -0.4 is 15.2 Å². The molecule has 0 bridgehead atoms. The fraction of sp³-hybridized carbons (Fsp3) is 0.562. The van der Waals surface area contributed by atoms with Gasteiger partial charge in [-0.25, -0.2) is 23.2 Å². The van der Waals surface area contributed by atoms with Crippen molar-refractivity contribution in [2.45, 2.75) is 50.2 Å². The minimum Gasteiger partial charge on any atom is -0.351 e. The number of imidazole rings is 1. The highest BCUT2D eigenvalue weighted by atomic mass is 32.2. The Balaban J connectivity index is 1.71. The number of nitrogens with one attached hydrogen (secondary N) is 2. The molecule has 0 spiro atoms. The van der Waals surface area contributed by atoms with E-state index in [1.165, 1.54) is 18.6 Å². The third-order valence-corrected chi connectivity index (χ3v) is 5.85. The van der Waals surface area contributed by atoms with Gasteiger partial charge in [0, 0.05) is 37.4 Å². The Kier molecular flexibility index (Phi) is 5.42. The van der Waals surface area contributed by atoms with E-state index < -0.39 is 10.0 Å². The summed E-state index contributed by atoms with van der Waals surface area (Å²) < 4.78 is 29.5. The van der Waals surface area contributed by atoms with Gasteiger partial charge in [0.2, 0.25) is 0 Å².